The fraction of sp³-hybridized carbons (Fsp3) is 0.214. The summed E-state index contributed by atoms with van der Waals surface area (Å²) in [7, 11) is 1.66. The van der Waals surface area contributed by atoms with E-state index in [9.17, 15) is 18.0 Å². The van der Waals surface area contributed by atoms with E-state index >= 15 is 0 Å². The van der Waals surface area contributed by atoms with Crippen molar-refractivity contribution in [3.8, 4) is 0 Å². The van der Waals surface area contributed by atoms with E-state index in [2.05, 4.69) is 10.1 Å². The fourth-order valence-electron chi connectivity index (χ4n) is 2.22. The standard InChI is InChI=1S/C14H11F3N4O/c1-20-12-11(6-19-20)13(22)21(8-18-12)7-9-3-2-4-10(5-9)14(15,16)17/h2-6,8H,7H2,1H3. The van der Waals surface area contributed by atoms with Gasteiger partial charge in [0.2, 0.25) is 0 Å². The van der Waals surface area contributed by atoms with Gasteiger partial charge < -0.3 is 0 Å². The monoisotopic (exact) mass is 308 g/mol. The van der Waals surface area contributed by atoms with Crippen LogP contribution in [-0.4, -0.2) is 19.3 Å². The molecule has 0 unspecified atom stereocenters. The molecule has 5 nitrogen and oxygen atoms in total. The van der Waals surface area contributed by atoms with Crippen LogP contribution in [0.5, 0.6) is 0 Å². The van der Waals surface area contributed by atoms with Crippen LogP contribution in [0.25, 0.3) is 11.0 Å². The summed E-state index contributed by atoms with van der Waals surface area (Å²) in [6.45, 7) is 0.0145. The van der Waals surface area contributed by atoms with Gasteiger partial charge in [-0.25, -0.2) is 4.98 Å². The van der Waals surface area contributed by atoms with Crippen LogP contribution < -0.4 is 5.56 Å². The summed E-state index contributed by atoms with van der Waals surface area (Å²) in [5.41, 5.74) is -0.267. The van der Waals surface area contributed by atoms with E-state index in [0.29, 0.717) is 16.6 Å². The maximum Gasteiger partial charge on any atom is 0.416 e. The minimum Gasteiger partial charge on any atom is -0.294 e. The first-order valence-corrected chi connectivity index (χ1v) is 6.39. The summed E-state index contributed by atoms with van der Waals surface area (Å²) < 4.78 is 40.8. The van der Waals surface area contributed by atoms with Crippen molar-refractivity contribution in [3.05, 3.63) is 58.3 Å². The van der Waals surface area contributed by atoms with Crippen LogP contribution >= 0.6 is 0 Å². The zero-order valence-corrected chi connectivity index (χ0v) is 11.5. The highest BCUT2D eigenvalue weighted by Gasteiger charge is 2.30. The molecule has 0 amide bonds. The second-order valence-corrected chi connectivity index (χ2v) is 4.88. The van der Waals surface area contributed by atoms with Crippen molar-refractivity contribution < 1.29 is 13.2 Å². The lowest BCUT2D eigenvalue weighted by Gasteiger charge is -2.10. The van der Waals surface area contributed by atoms with Crippen molar-refractivity contribution in [1.82, 2.24) is 19.3 Å². The van der Waals surface area contributed by atoms with Gasteiger partial charge in [0, 0.05) is 7.05 Å². The molecular weight excluding hydrogens is 297 g/mol. The first kappa shape index (κ1) is 14.3. The molecule has 0 aliphatic rings. The molecule has 0 N–H and O–H groups in total. The number of rotatable bonds is 2. The zero-order chi connectivity index (χ0) is 15.9. The number of benzene rings is 1. The van der Waals surface area contributed by atoms with Crippen molar-refractivity contribution in [3.63, 3.8) is 0 Å². The van der Waals surface area contributed by atoms with Crippen molar-refractivity contribution in [2.45, 2.75) is 12.7 Å². The molecule has 0 radical (unpaired) electrons. The fourth-order valence-corrected chi connectivity index (χ4v) is 2.22. The van der Waals surface area contributed by atoms with Crippen LogP contribution in [0.3, 0.4) is 0 Å². The Bertz CT molecular complexity index is 895. The molecular formula is C14H11F3N4O. The number of hydrogen-bond acceptors (Lipinski definition) is 3. The first-order chi connectivity index (χ1) is 10.4. The van der Waals surface area contributed by atoms with E-state index in [0.717, 1.165) is 12.1 Å². The average Bonchev–Trinajstić information content (AvgIpc) is 2.84. The molecule has 0 aliphatic carbocycles. The molecule has 3 rings (SSSR count). The topological polar surface area (TPSA) is 52.7 Å². The maximum absolute atomic E-state index is 12.7. The molecule has 3 aromatic rings. The number of alkyl halides is 3. The van der Waals surface area contributed by atoms with Gasteiger partial charge in [0.1, 0.15) is 11.7 Å². The van der Waals surface area contributed by atoms with E-state index < -0.39 is 11.7 Å². The highest BCUT2D eigenvalue weighted by atomic mass is 19.4. The van der Waals surface area contributed by atoms with Gasteiger partial charge in [-0.1, -0.05) is 12.1 Å². The molecule has 0 saturated heterocycles. The first-order valence-electron chi connectivity index (χ1n) is 6.39. The summed E-state index contributed by atoms with van der Waals surface area (Å²) in [5.74, 6) is 0. The molecule has 0 atom stereocenters. The predicted octanol–water partition coefficient (Wildman–Crippen LogP) is 2.20. The van der Waals surface area contributed by atoms with Crippen molar-refractivity contribution >= 4 is 11.0 Å². The van der Waals surface area contributed by atoms with Gasteiger partial charge in [-0.15, -0.1) is 0 Å². The highest BCUT2D eigenvalue weighted by molar-refractivity contribution is 5.72. The highest BCUT2D eigenvalue weighted by Crippen LogP contribution is 2.29. The van der Waals surface area contributed by atoms with Gasteiger partial charge in [-0.05, 0) is 17.7 Å². The number of aryl methyl sites for hydroxylation is 1. The minimum absolute atomic E-state index is 0.0145. The molecule has 22 heavy (non-hydrogen) atoms. The summed E-state index contributed by atoms with van der Waals surface area (Å²) in [5, 5.41) is 4.27. The van der Waals surface area contributed by atoms with Crippen LogP contribution in [0.1, 0.15) is 11.1 Å². The largest absolute Gasteiger partial charge is 0.416 e. The van der Waals surface area contributed by atoms with Gasteiger partial charge >= 0.3 is 6.18 Å². The van der Waals surface area contributed by atoms with Crippen molar-refractivity contribution in [2.75, 3.05) is 0 Å². The van der Waals surface area contributed by atoms with Gasteiger partial charge in [0.15, 0.2) is 5.65 Å². The summed E-state index contributed by atoms with van der Waals surface area (Å²) in [4.78, 5) is 16.4. The maximum atomic E-state index is 12.7. The van der Waals surface area contributed by atoms with Gasteiger partial charge in [-0.3, -0.25) is 14.0 Å². The number of halogens is 3. The normalized spacial score (nSPS) is 12.0. The zero-order valence-electron chi connectivity index (χ0n) is 11.5. The Morgan fingerprint density at radius 3 is 2.77 bits per heavy atom. The second-order valence-electron chi connectivity index (χ2n) is 4.88. The Hall–Kier alpha value is -2.64. The third-order valence-corrected chi connectivity index (χ3v) is 3.33. The Morgan fingerprint density at radius 2 is 2.05 bits per heavy atom. The van der Waals surface area contributed by atoms with Crippen molar-refractivity contribution in [1.29, 1.82) is 0 Å². The third-order valence-electron chi connectivity index (χ3n) is 3.33. The second kappa shape index (κ2) is 4.97. The smallest absolute Gasteiger partial charge is 0.294 e. The molecule has 0 saturated carbocycles. The number of aromatic nitrogens is 4. The Labute approximate surface area is 122 Å². The number of fused-ring (bicyclic) bond motifs is 1. The Morgan fingerprint density at radius 1 is 1.27 bits per heavy atom. The quantitative estimate of drug-likeness (QED) is 0.729. The lowest BCUT2D eigenvalue weighted by atomic mass is 10.1. The molecule has 1 aromatic carbocycles. The lowest BCUT2D eigenvalue weighted by molar-refractivity contribution is -0.137. The molecule has 0 bridgehead atoms. The number of nitrogens with zero attached hydrogens (tertiary/aromatic N) is 4. The van der Waals surface area contributed by atoms with Gasteiger partial charge in [0.05, 0.1) is 18.3 Å². The Balaban J connectivity index is 2.00. The van der Waals surface area contributed by atoms with E-state index in [1.165, 1.54) is 33.9 Å². The molecule has 2 aromatic heterocycles. The summed E-state index contributed by atoms with van der Waals surface area (Å²) >= 11 is 0. The van der Waals surface area contributed by atoms with E-state index in [-0.39, 0.29) is 12.1 Å². The molecule has 114 valence electrons. The molecule has 0 aliphatic heterocycles. The van der Waals surface area contributed by atoms with E-state index in [1.54, 1.807) is 7.05 Å². The number of hydrogen-bond donors (Lipinski definition) is 0. The molecule has 8 heteroatoms. The Kier molecular flexibility index (Phi) is 3.23. The third kappa shape index (κ3) is 2.47. The SMILES string of the molecule is Cn1ncc2c(=O)n(Cc3cccc(C(F)(F)F)c3)cnc21. The van der Waals surface area contributed by atoms with Gasteiger partial charge in [-0.2, -0.15) is 18.3 Å². The van der Waals surface area contributed by atoms with E-state index in [4.69, 9.17) is 0 Å². The van der Waals surface area contributed by atoms with Crippen LogP contribution in [0.15, 0.2) is 41.6 Å². The van der Waals surface area contributed by atoms with Crippen molar-refractivity contribution in [2.24, 2.45) is 7.05 Å². The summed E-state index contributed by atoms with van der Waals surface area (Å²) in [6, 6.07) is 4.88. The molecule has 0 spiro atoms. The van der Waals surface area contributed by atoms with Crippen LogP contribution in [0.4, 0.5) is 13.2 Å². The average molecular weight is 308 g/mol. The summed E-state index contributed by atoms with van der Waals surface area (Å²) in [6.07, 6.45) is -1.70. The molecule has 0 fully saturated rings. The lowest BCUT2D eigenvalue weighted by Crippen LogP contribution is -2.21. The minimum atomic E-state index is -4.41. The van der Waals surface area contributed by atoms with E-state index in [1.807, 2.05) is 0 Å². The van der Waals surface area contributed by atoms with Crippen LogP contribution in [0, 0.1) is 0 Å². The van der Waals surface area contributed by atoms with Crippen LogP contribution in [-0.2, 0) is 19.8 Å². The predicted molar refractivity (Wildman–Crippen MR) is 73.3 cm³/mol. The van der Waals surface area contributed by atoms with Gasteiger partial charge in [0.25, 0.3) is 5.56 Å². The van der Waals surface area contributed by atoms with Crippen LogP contribution in [0.2, 0.25) is 0 Å². The molecule has 2 heterocycles.